The predicted octanol–water partition coefficient (Wildman–Crippen LogP) is 3.28. The molecule has 3 rings (SSSR count). The van der Waals surface area contributed by atoms with Crippen molar-refractivity contribution in [1.82, 2.24) is 24.7 Å². The van der Waals surface area contributed by atoms with Gasteiger partial charge in [-0.05, 0) is 40.0 Å². The minimum Gasteiger partial charge on any atom is -0.372 e. The summed E-state index contributed by atoms with van der Waals surface area (Å²) in [6.07, 6.45) is 4.16. The maximum Gasteiger partial charge on any atom is 0.240 e. The summed E-state index contributed by atoms with van der Waals surface area (Å²) in [5.74, 6) is 1.01. The summed E-state index contributed by atoms with van der Waals surface area (Å²) in [4.78, 5) is 8.20. The van der Waals surface area contributed by atoms with Crippen molar-refractivity contribution in [3.8, 4) is 0 Å². The Kier molecular flexibility index (Phi) is 7.19. The van der Waals surface area contributed by atoms with Crippen molar-refractivity contribution in [2.45, 2.75) is 76.6 Å². The molecule has 0 radical (unpaired) electrons. The molecule has 0 spiro atoms. The van der Waals surface area contributed by atoms with Crippen LogP contribution in [0.2, 0.25) is 5.02 Å². The molecular formula is C19H29ClN6O4S. The Hall–Kier alpha value is -1.82. The first kappa shape index (κ1) is 23.8. The quantitative estimate of drug-likeness (QED) is 0.590. The topological polar surface area (TPSA) is 121 Å². The van der Waals surface area contributed by atoms with Crippen molar-refractivity contribution in [3.63, 3.8) is 0 Å². The highest BCUT2D eigenvalue weighted by molar-refractivity contribution is 7.93. The summed E-state index contributed by atoms with van der Waals surface area (Å²) >= 11 is 5.83. The van der Waals surface area contributed by atoms with Crippen molar-refractivity contribution in [2.75, 3.05) is 11.8 Å². The Bertz CT molecular complexity index is 995. The number of nitrogens with zero attached hydrogens (tertiary/aromatic N) is 5. The predicted molar refractivity (Wildman–Crippen MR) is 116 cm³/mol. The van der Waals surface area contributed by atoms with Gasteiger partial charge in [-0.25, -0.2) is 18.4 Å². The second-order valence-electron chi connectivity index (χ2n) is 8.21. The minimum atomic E-state index is -3.91. The highest BCUT2D eigenvalue weighted by Gasteiger charge is 2.37. The van der Waals surface area contributed by atoms with E-state index in [0.29, 0.717) is 17.4 Å². The van der Waals surface area contributed by atoms with Crippen molar-refractivity contribution in [3.05, 3.63) is 29.1 Å². The van der Waals surface area contributed by atoms with Crippen LogP contribution in [-0.2, 0) is 26.0 Å². The third kappa shape index (κ3) is 5.33. The number of rotatable bonds is 9. The van der Waals surface area contributed by atoms with E-state index in [1.165, 1.54) is 26.4 Å². The van der Waals surface area contributed by atoms with E-state index in [2.05, 4.69) is 24.9 Å². The molecule has 2 aromatic heterocycles. The van der Waals surface area contributed by atoms with E-state index < -0.39 is 21.4 Å². The number of aromatic nitrogens is 5. The van der Waals surface area contributed by atoms with Gasteiger partial charge in [0.15, 0.2) is 11.6 Å². The average Bonchev–Trinajstić information content (AvgIpc) is 3.26. The lowest BCUT2D eigenvalue weighted by Crippen LogP contribution is -2.33. The molecule has 10 nitrogen and oxygen atoms in total. The maximum absolute atomic E-state index is 13.1. The molecule has 12 heteroatoms. The van der Waals surface area contributed by atoms with Crippen molar-refractivity contribution >= 4 is 27.6 Å². The van der Waals surface area contributed by atoms with Gasteiger partial charge in [-0.3, -0.25) is 9.29 Å². The van der Waals surface area contributed by atoms with E-state index in [-0.39, 0.29) is 23.5 Å². The van der Waals surface area contributed by atoms with Crippen LogP contribution >= 0.6 is 11.6 Å². The molecule has 1 saturated heterocycles. The zero-order chi connectivity index (χ0) is 22.8. The van der Waals surface area contributed by atoms with Crippen LogP contribution in [0.4, 0.5) is 5.95 Å². The van der Waals surface area contributed by atoms with Crippen LogP contribution in [0.1, 0.15) is 70.8 Å². The molecule has 3 atom stereocenters. The number of methoxy groups -OCH3 is 1. The number of hydrogen-bond acceptors (Lipinski definition) is 8. The highest BCUT2D eigenvalue weighted by atomic mass is 35.5. The molecule has 0 aliphatic carbocycles. The molecule has 0 bridgehead atoms. The second kappa shape index (κ2) is 9.35. The Morgan fingerprint density at radius 3 is 2.58 bits per heavy atom. The highest BCUT2D eigenvalue weighted by Crippen LogP contribution is 2.39. The standard InChI is InChI=1S/C19H29ClN6O4S/c1-6-9-26-17(14-7-8-19(3,4)30-14)23-24-18(26)25-31(27,28)12(2)15(29-5)16-21-10-13(20)11-22-16/h10-12,14-15H,6-9H2,1-5H3,(H,24,25)/t12-,14+,15-/m0/s1. The van der Waals surface area contributed by atoms with Gasteiger partial charge in [-0.1, -0.05) is 18.5 Å². The Labute approximate surface area is 187 Å². The molecule has 2 aromatic rings. The van der Waals surface area contributed by atoms with Crippen LogP contribution < -0.4 is 4.72 Å². The lowest BCUT2D eigenvalue weighted by atomic mass is 10.1. The van der Waals surface area contributed by atoms with Gasteiger partial charge in [0, 0.05) is 26.0 Å². The molecule has 1 aliphatic rings. The third-order valence-electron chi connectivity index (χ3n) is 5.28. The first-order valence-electron chi connectivity index (χ1n) is 10.2. The van der Waals surface area contributed by atoms with Crippen LogP contribution in [0.25, 0.3) is 0 Å². The van der Waals surface area contributed by atoms with Crippen LogP contribution in [-0.4, -0.2) is 51.1 Å². The molecule has 0 aromatic carbocycles. The van der Waals surface area contributed by atoms with Gasteiger partial charge in [0.05, 0.1) is 10.6 Å². The number of nitrogens with one attached hydrogen (secondary N) is 1. The number of sulfonamides is 1. The second-order valence-corrected chi connectivity index (χ2v) is 10.7. The Morgan fingerprint density at radius 2 is 2.03 bits per heavy atom. The first-order chi connectivity index (χ1) is 14.6. The van der Waals surface area contributed by atoms with E-state index in [4.69, 9.17) is 21.1 Å². The largest absolute Gasteiger partial charge is 0.372 e. The summed E-state index contributed by atoms with van der Waals surface area (Å²) in [6, 6.07) is 0. The van der Waals surface area contributed by atoms with Gasteiger partial charge >= 0.3 is 0 Å². The molecule has 0 saturated carbocycles. The number of halogens is 1. The van der Waals surface area contributed by atoms with E-state index in [9.17, 15) is 8.42 Å². The summed E-state index contributed by atoms with van der Waals surface area (Å²) in [5, 5.41) is 7.71. The van der Waals surface area contributed by atoms with Gasteiger partial charge in [-0.2, -0.15) is 0 Å². The molecule has 0 amide bonds. The zero-order valence-corrected chi connectivity index (χ0v) is 19.9. The normalized spacial score (nSPS) is 20.5. The van der Waals surface area contributed by atoms with Crippen LogP contribution in [0.3, 0.4) is 0 Å². The Balaban J connectivity index is 1.85. The smallest absolute Gasteiger partial charge is 0.240 e. The zero-order valence-electron chi connectivity index (χ0n) is 18.4. The van der Waals surface area contributed by atoms with E-state index in [1.54, 1.807) is 4.57 Å². The Morgan fingerprint density at radius 1 is 1.35 bits per heavy atom. The molecular weight excluding hydrogens is 444 g/mol. The minimum absolute atomic E-state index is 0.156. The lowest BCUT2D eigenvalue weighted by Gasteiger charge is -2.22. The van der Waals surface area contributed by atoms with Gasteiger partial charge < -0.3 is 9.47 Å². The lowest BCUT2D eigenvalue weighted by molar-refractivity contribution is -0.0214. The summed E-state index contributed by atoms with van der Waals surface area (Å²) < 4.78 is 42.1. The third-order valence-corrected chi connectivity index (χ3v) is 7.17. The molecule has 1 N–H and O–H groups in total. The number of anilines is 1. The van der Waals surface area contributed by atoms with E-state index in [0.717, 1.165) is 19.3 Å². The molecule has 31 heavy (non-hydrogen) atoms. The van der Waals surface area contributed by atoms with Crippen molar-refractivity contribution < 1.29 is 17.9 Å². The van der Waals surface area contributed by atoms with Gasteiger partial charge in [0.25, 0.3) is 0 Å². The van der Waals surface area contributed by atoms with E-state index >= 15 is 0 Å². The SMILES string of the molecule is CCCn1c(NS(=O)(=O)[C@@H](C)[C@H](OC)c2ncc(Cl)cn2)nnc1[C@H]1CCC(C)(C)O1. The number of hydrogen-bond donors (Lipinski definition) is 1. The monoisotopic (exact) mass is 472 g/mol. The van der Waals surface area contributed by atoms with Crippen LogP contribution in [0.15, 0.2) is 12.4 Å². The van der Waals surface area contributed by atoms with Crippen molar-refractivity contribution in [2.24, 2.45) is 0 Å². The van der Waals surface area contributed by atoms with E-state index in [1.807, 2.05) is 20.8 Å². The van der Waals surface area contributed by atoms with Gasteiger partial charge in [0.2, 0.25) is 16.0 Å². The summed E-state index contributed by atoms with van der Waals surface area (Å²) in [6.45, 7) is 8.15. The molecule has 172 valence electrons. The fraction of sp³-hybridized carbons (Fsp3) is 0.684. The van der Waals surface area contributed by atoms with Crippen LogP contribution in [0.5, 0.6) is 0 Å². The fourth-order valence-electron chi connectivity index (χ4n) is 3.60. The molecule has 0 unspecified atom stereocenters. The fourth-order valence-corrected chi connectivity index (χ4v) is 4.84. The van der Waals surface area contributed by atoms with Gasteiger partial charge in [-0.15, -0.1) is 10.2 Å². The van der Waals surface area contributed by atoms with Crippen LogP contribution in [0, 0.1) is 0 Å². The maximum atomic E-state index is 13.1. The average molecular weight is 473 g/mol. The molecule has 1 aliphatic heterocycles. The summed E-state index contributed by atoms with van der Waals surface area (Å²) in [5.41, 5.74) is -0.244. The summed E-state index contributed by atoms with van der Waals surface area (Å²) in [7, 11) is -2.50. The molecule has 3 heterocycles. The molecule has 1 fully saturated rings. The van der Waals surface area contributed by atoms with Crippen molar-refractivity contribution in [1.29, 1.82) is 0 Å². The van der Waals surface area contributed by atoms with Gasteiger partial charge in [0.1, 0.15) is 17.5 Å². The number of ether oxygens (including phenoxy) is 2. The first-order valence-corrected chi connectivity index (χ1v) is 12.1.